The maximum Gasteiger partial charge on any atom is 0.229 e. The summed E-state index contributed by atoms with van der Waals surface area (Å²) in [5.74, 6) is 1.44. The number of aryl methyl sites for hydroxylation is 2. The van der Waals surface area contributed by atoms with Gasteiger partial charge in [0.15, 0.2) is 0 Å². The quantitative estimate of drug-likeness (QED) is 0.550. The number of aromatic nitrogens is 2. The van der Waals surface area contributed by atoms with Crippen LogP contribution in [0.2, 0.25) is 0 Å². The van der Waals surface area contributed by atoms with Gasteiger partial charge in [-0.3, -0.25) is 0 Å². The first-order chi connectivity index (χ1) is 13.5. The van der Waals surface area contributed by atoms with E-state index in [1.54, 1.807) is 0 Å². The molecule has 2 N–H and O–H groups in total. The Morgan fingerprint density at radius 3 is 2.29 bits per heavy atom. The molecule has 146 valence electrons. The number of nitrogens with zero attached hydrogens (tertiary/aromatic N) is 3. The second kappa shape index (κ2) is 9.33. The van der Waals surface area contributed by atoms with Crippen molar-refractivity contribution in [2.75, 3.05) is 37.8 Å². The fourth-order valence-corrected chi connectivity index (χ4v) is 3.09. The summed E-state index contributed by atoms with van der Waals surface area (Å²) in [6.45, 7) is 6.09. The Morgan fingerprint density at radius 2 is 1.61 bits per heavy atom. The maximum atomic E-state index is 4.77. The molecular weight excluding hydrogens is 346 g/mol. The summed E-state index contributed by atoms with van der Waals surface area (Å²) in [4.78, 5) is 11.7. The van der Waals surface area contributed by atoms with Crippen molar-refractivity contribution in [2.24, 2.45) is 0 Å². The molecule has 0 aliphatic heterocycles. The molecule has 0 saturated carbocycles. The topological polar surface area (TPSA) is 53.1 Å². The lowest BCUT2D eigenvalue weighted by Crippen LogP contribution is -2.17. The Bertz CT molecular complexity index is 886. The lowest BCUT2D eigenvalue weighted by atomic mass is 10.1. The second-order valence-corrected chi connectivity index (χ2v) is 7.30. The first-order valence-corrected chi connectivity index (χ1v) is 9.69. The number of para-hydroxylation sites is 1. The summed E-state index contributed by atoms with van der Waals surface area (Å²) in [5.41, 5.74) is 5.39. The monoisotopic (exact) mass is 375 g/mol. The van der Waals surface area contributed by atoms with Gasteiger partial charge in [-0.2, -0.15) is 4.98 Å². The van der Waals surface area contributed by atoms with Gasteiger partial charge in [0.2, 0.25) is 5.95 Å². The van der Waals surface area contributed by atoms with Crippen LogP contribution < -0.4 is 10.6 Å². The van der Waals surface area contributed by atoms with E-state index in [1.807, 2.05) is 24.3 Å². The lowest BCUT2D eigenvalue weighted by molar-refractivity contribution is 0.405. The minimum Gasteiger partial charge on any atom is -0.370 e. The van der Waals surface area contributed by atoms with Gasteiger partial charge in [0.05, 0.1) is 5.69 Å². The molecule has 0 saturated heterocycles. The first kappa shape index (κ1) is 19.8. The van der Waals surface area contributed by atoms with Gasteiger partial charge in [0.1, 0.15) is 5.82 Å². The van der Waals surface area contributed by atoms with E-state index in [0.717, 1.165) is 42.3 Å². The number of hydrogen-bond acceptors (Lipinski definition) is 5. The van der Waals surface area contributed by atoms with Crippen molar-refractivity contribution in [3.8, 4) is 11.3 Å². The molecule has 0 aliphatic carbocycles. The molecule has 3 rings (SSSR count). The van der Waals surface area contributed by atoms with Crippen LogP contribution in [-0.2, 0) is 0 Å². The molecule has 28 heavy (non-hydrogen) atoms. The third-order valence-electron chi connectivity index (χ3n) is 4.60. The van der Waals surface area contributed by atoms with Gasteiger partial charge in [-0.1, -0.05) is 48.5 Å². The van der Waals surface area contributed by atoms with Gasteiger partial charge >= 0.3 is 0 Å². The van der Waals surface area contributed by atoms with Crippen molar-refractivity contribution >= 4 is 17.5 Å². The second-order valence-electron chi connectivity index (χ2n) is 7.30. The van der Waals surface area contributed by atoms with Gasteiger partial charge in [0.25, 0.3) is 0 Å². The van der Waals surface area contributed by atoms with Crippen LogP contribution in [0.4, 0.5) is 17.5 Å². The Morgan fingerprint density at radius 1 is 0.893 bits per heavy atom. The molecule has 5 heteroatoms. The molecule has 0 bridgehead atoms. The highest BCUT2D eigenvalue weighted by Gasteiger charge is 2.09. The van der Waals surface area contributed by atoms with Gasteiger partial charge in [0, 0.05) is 23.9 Å². The molecule has 0 amide bonds. The molecule has 0 radical (unpaired) electrons. The molecule has 0 aliphatic rings. The smallest absolute Gasteiger partial charge is 0.229 e. The Hall–Kier alpha value is -2.92. The molecule has 0 unspecified atom stereocenters. The van der Waals surface area contributed by atoms with Crippen molar-refractivity contribution in [1.29, 1.82) is 0 Å². The first-order valence-electron chi connectivity index (χ1n) is 9.69. The van der Waals surface area contributed by atoms with E-state index in [4.69, 9.17) is 9.97 Å². The van der Waals surface area contributed by atoms with E-state index >= 15 is 0 Å². The maximum absolute atomic E-state index is 4.77. The van der Waals surface area contributed by atoms with E-state index in [2.05, 4.69) is 73.8 Å². The third-order valence-corrected chi connectivity index (χ3v) is 4.60. The van der Waals surface area contributed by atoms with Crippen LogP contribution in [0, 0.1) is 13.8 Å². The van der Waals surface area contributed by atoms with Crippen molar-refractivity contribution in [2.45, 2.75) is 20.3 Å². The van der Waals surface area contributed by atoms with E-state index < -0.39 is 0 Å². The number of anilines is 3. The fourth-order valence-electron chi connectivity index (χ4n) is 3.09. The molecule has 0 atom stereocenters. The lowest BCUT2D eigenvalue weighted by Gasteiger charge is -2.15. The minimum atomic E-state index is 0.605. The highest BCUT2D eigenvalue weighted by atomic mass is 15.1. The number of rotatable bonds is 8. The van der Waals surface area contributed by atoms with Crippen molar-refractivity contribution < 1.29 is 0 Å². The van der Waals surface area contributed by atoms with Crippen LogP contribution in [0.3, 0.4) is 0 Å². The van der Waals surface area contributed by atoms with Crippen LogP contribution >= 0.6 is 0 Å². The average molecular weight is 376 g/mol. The Labute approximate surface area is 167 Å². The summed E-state index contributed by atoms with van der Waals surface area (Å²) >= 11 is 0. The highest BCUT2D eigenvalue weighted by Crippen LogP contribution is 2.26. The Kier molecular flexibility index (Phi) is 6.61. The summed E-state index contributed by atoms with van der Waals surface area (Å²) in [7, 11) is 4.18. The molecule has 3 aromatic rings. The summed E-state index contributed by atoms with van der Waals surface area (Å²) in [6.07, 6.45) is 1.05. The van der Waals surface area contributed by atoms with Gasteiger partial charge in [-0.05, 0) is 52.0 Å². The van der Waals surface area contributed by atoms with Gasteiger partial charge in [-0.25, -0.2) is 4.98 Å². The number of hydrogen-bond donors (Lipinski definition) is 2. The van der Waals surface area contributed by atoms with Crippen LogP contribution in [0.15, 0.2) is 54.6 Å². The predicted molar refractivity (Wildman–Crippen MR) is 118 cm³/mol. The van der Waals surface area contributed by atoms with Gasteiger partial charge in [-0.15, -0.1) is 0 Å². The van der Waals surface area contributed by atoms with E-state index in [0.29, 0.717) is 5.95 Å². The van der Waals surface area contributed by atoms with Crippen molar-refractivity contribution in [3.05, 3.63) is 65.7 Å². The molecule has 2 aromatic carbocycles. The SMILES string of the molecule is Cc1cccc(C)c1Nc1nc(NCCCN(C)C)cc(-c2ccccc2)n1. The van der Waals surface area contributed by atoms with Crippen molar-refractivity contribution in [3.63, 3.8) is 0 Å². The van der Waals surface area contributed by atoms with Crippen LogP contribution in [0.25, 0.3) is 11.3 Å². The fraction of sp³-hybridized carbons (Fsp3) is 0.304. The number of nitrogens with one attached hydrogen (secondary N) is 2. The molecular formula is C23H29N5. The Balaban J connectivity index is 1.89. The molecule has 1 aromatic heterocycles. The van der Waals surface area contributed by atoms with Crippen molar-refractivity contribution in [1.82, 2.24) is 14.9 Å². The zero-order valence-electron chi connectivity index (χ0n) is 17.2. The van der Waals surface area contributed by atoms with Crippen LogP contribution in [-0.4, -0.2) is 42.1 Å². The van der Waals surface area contributed by atoms with Crippen LogP contribution in [0.5, 0.6) is 0 Å². The summed E-state index contributed by atoms with van der Waals surface area (Å²) < 4.78 is 0. The summed E-state index contributed by atoms with van der Waals surface area (Å²) in [6, 6.07) is 18.5. The molecule has 1 heterocycles. The van der Waals surface area contributed by atoms with E-state index in [-0.39, 0.29) is 0 Å². The average Bonchev–Trinajstić information content (AvgIpc) is 2.69. The third kappa shape index (κ3) is 5.30. The molecule has 0 fully saturated rings. The van der Waals surface area contributed by atoms with E-state index in [9.17, 15) is 0 Å². The van der Waals surface area contributed by atoms with Crippen LogP contribution in [0.1, 0.15) is 17.5 Å². The predicted octanol–water partition coefficient (Wildman–Crippen LogP) is 4.87. The normalized spacial score (nSPS) is 10.9. The molecule has 5 nitrogen and oxygen atoms in total. The standard InChI is InChI=1S/C23H29N5/c1-17-10-8-11-18(2)22(17)27-23-25-20(19-12-6-5-7-13-19)16-21(26-23)24-14-9-15-28(3)4/h5-8,10-13,16H,9,14-15H2,1-4H3,(H2,24,25,26,27). The van der Waals surface area contributed by atoms with E-state index in [1.165, 1.54) is 11.1 Å². The van der Waals surface area contributed by atoms with Gasteiger partial charge < -0.3 is 15.5 Å². The largest absolute Gasteiger partial charge is 0.370 e. The zero-order valence-corrected chi connectivity index (χ0v) is 17.2. The highest BCUT2D eigenvalue weighted by molar-refractivity contribution is 5.68. The zero-order chi connectivity index (χ0) is 19.9. The number of benzene rings is 2. The molecule has 0 spiro atoms. The minimum absolute atomic E-state index is 0.605. The summed E-state index contributed by atoms with van der Waals surface area (Å²) in [5, 5.41) is 6.88.